The Balaban J connectivity index is 1.34. The van der Waals surface area contributed by atoms with Gasteiger partial charge in [-0.1, -0.05) is 0 Å². The van der Waals surface area contributed by atoms with Crippen LogP contribution in [0.2, 0.25) is 0 Å². The molecule has 0 bridgehead atoms. The number of aryl methyl sites for hydroxylation is 1. The van der Waals surface area contributed by atoms with E-state index < -0.39 is 17.8 Å². The number of imidazole rings is 1. The van der Waals surface area contributed by atoms with Crippen LogP contribution < -0.4 is 10.1 Å². The average molecular weight is 530 g/mol. The maximum atomic E-state index is 15.1. The maximum Gasteiger partial charge on any atom is 0.280 e. The van der Waals surface area contributed by atoms with Gasteiger partial charge in [0.25, 0.3) is 5.92 Å². The van der Waals surface area contributed by atoms with Crippen LogP contribution in [0.5, 0.6) is 5.88 Å². The number of hydrogen-bond donors (Lipinski definition) is 1. The minimum absolute atomic E-state index is 0.0387. The van der Waals surface area contributed by atoms with Gasteiger partial charge in [-0.3, -0.25) is 4.90 Å². The Morgan fingerprint density at radius 2 is 2.00 bits per heavy atom. The van der Waals surface area contributed by atoms with Crippen molar-refractivity contribution >= 4 is 22.5 Å². The Morgan fingerprint density at radius 1 is 1.21 bits per heavy atom. The molecule has 0 spiro atoms. The standard InChI is InChI=1S/C26H30F3N7O2/c1-14(2)36-15(3)30-22-19(27)9-16(10-20(22)36)18-5-8-35-23(18)24(37-4)32-25(33-35)31-21-6-7-34(13-26(21,28)29)17-11-38-12-17/h5,8-10,14,17,21H,6-7,11-13H2,1-4H3,(H,31,33)/t21-/m1/s1. The van der Waals surface area contributed by atoms with Gasteiger partial charge in [0.15, 0.2) is 5.82 Å². The lowest BCUT2D eigenvalue weighted by Gasteiger charge is -2.44. The summed E-state index contributed by atoms with van der Waals surface area (Å²) < 4.78 is 59.4. The fourth-order valence-electron chi connectivity index (χ4n) is 5.55. The number of alkyl halides is 2. The lowest BCUT2D eigenvalue weighted by Crippen LogP contribution is -2.61. The molecular formula is C26H30F3N7O2. The zero-order valence-corrected chi connectivity index (χ0v) is 21.7. The summed E-state index contributed by atoms with van der Waals surface area (Å²) in [5, 5.41) is 7.28. The zero-order chi connectivity index (χ0) is 26.8. The molecule has 12 heteroatoms. The van der Waals surface area contributed by atoms with E-state index in [-0.39, 0.29) is 36.9 Å². The fraction of sp³-hybridized carbons (Fsp3) is 0.500. The Labute approximate surface area is 217 Å². The molecule has 202 valence electrons. The fourth-order valence-corrected chi connectivity index (χ4v) is 5.55. The van der Waals surface area contributed by atoms with Crippen LogP contribution in [0.15, 0.2) is 24.4 Å². The number of likely N-dealkylation sites (tertiary alicyclic amines) is 1. The second kappa shape index (κ2) is 9.12. The summed E-state index contributed by atoms with van der Waals surface area (Å²) in [4.78, 5) is 10.6. The molecule has 2 saturated heterocycles. The quantitative estimate of drug-likeness (QED) is 0.399. The Morgan fingerprint density at radius 3 is 2.66 bits per heavy atom. The first-order valence-electron chi connectivity index (χ1n) is 12.7. The van der Waals surface area contributed by atoms with Gasteiger partial charge < -0.3 is 19.4 Å². The van der Waals surface area contributed by atoms with Crippen molar-refractivity contribution in [1.82, 2.24) is 29.0 Å². The van der Waals surface area contributed by atoms with Crippen LogP contribution in [0.1, 0.15) is 32.1 Å². The molecule has 3 aromatic heterocycles. The van der Waals surface area contributed by atoms with E-state index in [9.17, 15) is 0 Å². The molecule has 0 radical (unpaired) electrons. The van der Waals surface area contributed by atoms with Gasteiger partial charge >= 0.3 is 0 Å². The number of benzene rings is 1. The minimum atomic E-state index is -2.97. The Hall–Kier alpha value is -3.38. The molecule has 1 aromatic carbocycles. The molecule has 6 rings (SSSR count). The van der Waals surface area contributed by atoms with E-state index >= 15 is 13.2 Å². The first-order chi connectivity index (χ1) is 18.2. The molecule has 1 N–H and O–H groups in total. The SMILES string of the molecule is COc1nc(N[C@@H]2CCN(C3COC3)CC2(F)F)nn2ccc(-c3cc(F)c4nc(C)n(C(C)C)c4c3)c12. The van der Waals surface area contributed by atoms with Crippen LogP contribution in [0.3, 0.4) is 0 Å². The second-order valence-electron chi connectivity index (χ2n) is 10.3. The Bertz CT molecular complexity index is 1510. The van der Waals surface area contributed by atoms with Gasteiger partial charge in [0.2, 0.25) is 11.8 Å². The third-order valence-electron chi connectivity index (χ3n) is 7.49. The zero-order valence-electron chi connectivity index (χ0n) is 21.7. The summed E-state index contributed by atoms with van der Waals surface area (Å²) >= 11 is 0. The van der Waals surface area contributed by atoms with E-state index in [2.05, 4.69) is 20.4 Å². The third-order valence-corrected chi connectivity index (χ3v) is 7.49. The van der Waals surface area contributed by atoms with Crippen LogP contribution >= 0.6 is 0 Å². The van der Waals surface area contributed by atoms with E-state index in [0.717, 1.165) is 5.82 Å². The van der Waals surface area contributed by atoms with E-state index in [1.165, 1.54) is 17.7 Å². The number of rotatable bonds is 6. The molecule has 0 unspecified atom stereocenters. The van der Waals surface area contributed by atoms with E-state index in [1.807, 2.05) is 31.4 Å². The lowest BCUT2D eigenvalue weighted by molar-refractivity contribution is -0.131. The van der Waals surface area contributed by atoms with Crippen LogP contribution in [-0.2, 0) is 4.74 Å². The van der Waals surface area contributed by atoms with Crippen LogP contribution in [0.4, 0.5) is 19.1 Å². The molecular weight excluding hydrogens is 499 g/mol. The van der Waals surface area contributed by atoms with E-state index in [4.69, 9.17) is 9.47 Å². The number of halogens is 3. The van der Waals surface area contributed by atoms with Crippen LogP contribution in [0.25, 0.3) is 27.7 Å². The highest BCUT2D eigenvalue weighted by Crippen LogP contribution is 2.36. The molecule has 0 aliphatic carbocycles. The summed E-state index contributed by atoms with van der Waals surface area (Å²) in [5.74, 6) is -2.43. The van der Waals surface area contributed by atoms with Crippen molar-refractivity contribution in [3.8, 4) is 17.0 Å². The van der Waals surface area contributed by atoms with Gasteiger partial charge in [-0.05, 0) is 51.0 Å². The number of hydrogen-bond acceptors (Lipinski definition) is 7. The molecule has 0 saturated carbocycles. The summed E-state index contributed by atoms with van der Waals surface area (Å²) in [5.41, 5.74) is 2.78. The van der Waals surface area contributed by atoms with Crippen molar-refractivity contribution in [1.29, 1.82) is 0 Å². The number of fused-ring (bicyclic) bond motifs is 2. The predicted octanol–water partition coefficient (Wildman–Crippen LogP) is 4.30. The largest absolute Gasteiger partial charge is 0.479 e. The smallest absolute Gasteiger partial charge is 0.280 e. The molecule has 2 aliphatic rings. The van der Waals surface area contributed by atoms with Crippen molar-refractivity contribution in [3.05, 3.63) is 36.0 Å². The molecule has 4 aromatic rings. The monoisotopic (exact) mass is 529 g/mol. The van der Waals surface area contributed by atoms with Crippen molar-refractivity contribution in [2.45, 2.75) is 51.2 Å². The highest BCUT2D eigenvalue weighted by Gasteiger charge is 2.47. The Kier molecular flexibility index (Phi) is 5.98. The van der Waals surface area contributed by atoms with Crippen LogP contribution in [-0.4, -0.2) is 80.5 Å². The molecule has 0 amide bonds. The van der Waals surface area contributed by atoms with Gasteiger partial charge in [0.05, 0.1) is 44.5 Å². The number of methoxy groups -OCH3 is 1. The highest BCUT2D eigenvalue weighted by atomic mass is 19.3. The number of piperidine rings is 1. The van der Waals surface area contributed by atoms with Crippen molar-refractivity contribution in [3.63, 3.8) is 0 Å². The second-order valence-corrected chi connectivity index (χ2v) is 10.3. The minimum Gasteiger partial charge on any atom is -0.479 e. The number of anilines is 1. The average Bonchev–Trinajstić information content (AvgIpc) is 3.39. The van der Waals surface area contributed by atoms with E-state index in [1.54, 1.807) is 17.2 Å². The van der Waals surface area contributed by atoms with Crippen LogP contribution in [0, 0.1) is 12.7 Å². The first kappa shape index (κ1) is 24.9. The normalized spacial score (nSPS) is 20.4. The number of aromatic nitrogens is 5. The van der Waals surface area contributed by atoms with Crippen molar-refractivity contribution in [2.75, 3.05) is 38.7 Å². The topological polar surface area (TPSA) is 81.7 Å². The number of ether oxygens (including phenoxy) is 2. The summed E-state index contributed by atoms with van der Waals surface area (Å²) in [6.45, 7) is 7.09. The van der Waals surface area contributed by atoms with Crippen molar-refractivity contribution < 1.29 is 22.6 Å². The summed E-state index contributed by atoms with van der Waals surface area (Å²) in [6.07, 6.45) is 1.93. The highest BCUT2D eigenvalue weighted by molar-refractivity contribution is 5.90. The predicted molar refractivity (Wildman–Crippen MR) is 137 cm³/mol. The molecule has 2 fully saturated rings. The lowest BCUT2D eigenvalue weighted by atomic mass is 9.98. The first-order valence-corrected chi connectivity index (χ1v) is 12.7. The number of nitrogens with one attached hydrogen (secondary N) is 1. The van der Waals surface area contributed by atoms with Gasteiger partial charge in [0.1, 0.15) is 16.9 Å². The molecule has 5 heterocycles. The van der Waals surface area contributed by atoms with Gasteiger partial charge in [-0.2, -0.15) is 4.98 Å². The van der Waals surface area contributed by atoms with E-state index in [0.29, 0.717) is 47.4 Å². The van der Waals surface area contributed by atoms with Gasteiger partial charge in [-0.25, -0.2) is 22.7 Å². The summed E-state index contributed by atoms with van der Waals surface area (Å²) in [7, 11) is 1.46. The number of nitrogens with zero attached hydrogens (tertiary/aromatic N) is 6. The van der Waals surface area contributed by atoms with Gasteiger partial charge in [0, 0.05) is 24.3 Å². The molecule has 1 atom stereocenters. The molecule has 2 aliphatic heterocycles. The van der Waals surface area contributed by atoms with Gasteiger partial charge in [-0.15, -0.1) is 5.10 Å². The van der Waals surface area contributed by atoms with Crippen molar-refractivity contribution in [2.24, 2.45) is 0 Å². The molecule has 9 nitrogen and oxygen atoms in total. The maximum absolute atomic E-state index is 15.1. The third kappa shape index (κ3) is 4.06. The molecule has 38 heavy (non-hydrogen) atoms. The summed E-state index contributed by atoms with van der Waals surface area (Å²) in [6, 6.07) is 4.14.